The van der Waals surface area contributed by atoms with Crippen LogP contribution in [0.1, 0.15) is 10.5 Å². The summed E-state index contributed by atoms with van der Waals surface area (Å²) in [6.45, 7) is 1.59. The van der Waals surface area contributed by atoms with Crippen molar-refractivity contribution in [1.82, 2.24) is 29.9 Å². The van der Waals surface area contributed by atoms with Gasteiger partial charge in [-0.3, -0.25) is 9.48 Å². The second kappa shape index (κ2) is 7.94. The monoisotopic (exact) mass is 403 g/mol. The number of amides is 1. The number of hydrogen-bond donors (Lipinski definition) is 0. The van der Waals surface area contributed by atoms with Gasteiger partial charge in [-0.2, -0.15) is 0 Å². The van der Waals surface area contributed by atoms with E-state index in [9.17, 15) is 13.6 Å². The van der Waals surface area contributed by atoms with Gasteiger partial charge in [-0.05, 0) is 18.2 Å². The van der Waals surface area contributed by atoms with Crippen LogP contribution in [0.5, 0.6) is 5.88 Å². The quantitative estimate of drug-likeness (QED) is 0.636. The Morgan fingerprint density at radius 3 is 2.69 bits per heavy atom. The molecule has 1 aliphatic rings. The number of aromatic nitrogens is 5. The number of anilines is 1. The predicted molar refractivity (Wildman–Crippen MR) is 100 cm³/mol. The van der Waals surface area contributed by atoms with Crippen molar-refractivity contribution in [3.8, 4) is 5.88 Å². The van der Waals surface area contributed by atoms with Gasteiger partial charge >= 0.3 is 0 Å². The lowest BCUT2D eigenvalue weighted by Crippen LogP contribution is -2.48. The summed E-state index contributed by atoms with van der Waals surface area (Å²) >= 11 is 0. The molecule has 2 aromatic heterocycles. The first-order valence-corrected chi connectivity index (χ1v) is 9.07. The Bertz CT molecular complexity index is 1020. The number of carbonyl (C=O) groups excluding carboxylic acids is 1. The van der Waals surface area contributed by atoms with Crippen molar-refractivity contribution in [2.24, 2.45) is 7.05 Å². The van der Waals surface area contributed by atoms with Crippen molar-refractivity contribution in [2.75, 3.05) is 37.7 Å². The number of halogens is 2. The number of carbonyl (C=O) groups is 1. The van der Waals surface area contributed by atoms with Crippen LogP contribution < -0.4 is 9.64 Å². The van der Waals surface area contributed by atoms with Gasteiger partial charge in [0.25, 0.3) is 12.3 Å². The van der Waals surface area contributed by atoms with E-state index >= 15 is 0 Å². The zero-order valence-electron chi connectivity index (χ0n) is 15.7. The Morgan fingerprint density at radius 2 is 2.00 bits per heavy atom. The zero-order valence-corrected chi connectivity index (χ0v) is 15.7. The minimum absolute atomic E-state index is 0.133. The van der Waals surface area contributed by atoms with Crippen molar-refractivity contribution in [3.05, 3.63) is 36.4 Å². The second-order valence-electron chi connectivity index (χ2n) is 6.64. The Kier molecular flexibility index (Phi) is 5.19. The van der Waals surface area contributed by atoms with E-state index in [4.69, 9.17) is 4.74 Å². The molecule has 4 rings (SSSR count). The number of aryl methyl sites for hydroxylation is 1. The molecule has 0 N–H and O–H groups in total. The minimum Gasteiger partial charge on any atom is -0.471 e. The molecule has 0 bridgehead atoms. The molecule has 1 aliphatic heterocycles. The number of alkyl halides is 2. The summed E-state index contributed by atoms with van der Waals surface area (Å²) in [5.41, 5.74) is 1.83. The molecule has 1 saturated heterocycles. The molecule has 0 saturated carbocycles. The Morgan fingerprint density at radius 1 is 1.21 bits per heavy atom. The van der Waals surface area contributed by atoms with Gasteiger partial charge < -0.3 is 14.5 Å². The molecular formula is C18H19F2N7O2. The van der Waals surface area contributed by atoms with Gasteiger partial charge in [0.2, 0.25) is 5.88 Å². The number of ether oxygens (including phenoxy) is 1. The van der Waals surface area contributed by atoms with Gasteiger partial charge in [0, 0.05) is 38.9 Å². The van der Waals surface area contributed by atoms with Crippen LogP contribution in [0.4, 0.5) is 14.5 Å². The first-order chi connectivity index (χ1) is 14.0. The van der Waals surface area contributed by atoms with Crippen LogP contribution in [-0.4, -0.2) is 75.0 Å². The molecule has 9 nitrogen and oxygen atoms in total. The molecular weight excluding hydrogens is 384 g/mol. The standard InChI is InChI=1S/C18H19F2N7O2/c1-25-9-15(23-24-25)18(28)27-6-4-26(5-7-27)12-2-3-14-13(8-12)17(22-11-21-14)29-10-16(19)20/h2-3,8-9,11,16H,4-7,10H2,1H3. The van der Waals surface area contributed by atoms with E-state index < -0.39 is 13.0 Å². The molecule has 29 heavy (non-hydrogen) atoms. The van der Waals surface area contributed by atoms with Crippen LogP contribution in [-0.2, 0) is 7.05 Å². The number of hydrogen-bond acceptors (Lipinski definition) is 7. The topological polar surface area (TPSA) is 89.3 Å². The van der Waals surface area contributed by atoms with Crippen LogP contribution >= 0.6 is 0 Å². The third kappa shape index (κ3) is 4.08. The van der Waals surface area contributed by atoms with Crippen LogP contribution in [0.2, 0.25) is 0 Å². The normalized spacial score (nSPS) is 14.6. The third-order valence-corrected chi connectivity index (χ3v) is 4.68. The summed E-state index contributed by atoms with van der Waals surface area (Å²) in [4.78, 5) is 24.5. The SMILES string of the molecule is Cn1cc(C(=O)N2CCN(c3ccc4ncnc(OCC(F)F)c4c3)CC2)nn1. The number of benzene rings is 1. The van der Waals surface area contributed by atoms with Gasteiger partial charge in [-0.1, -0.05) is 5.21 Å². The minimum atomic E-state index is -2.58. The molecule has 1 fully saturated rings. The van der Waals surface area contributed by atoms with Crippen LogP contribution in [0.25, 0.3) is 10.9 Å². The fraction of sp³-hybridized carbons (Fsp3) is 0.389. The van der Waals surface area contributed by atoms with Gasteiger partial charge in [-0.15, -0.1) is 5.10 Å². The fourth-order valence-electron chi connectivity index (χ4n) is 3.25. The van der Waals surface area contributed by atoms with Gasteiger partial charge in [-0.25, -0.2) is 18.7 Å². The van der Waals surface area contributed by atoms with E-state index in [1.54, 1.807) is 24.2 Å². The molecule has 0 spiro atoms. The number of rotatable bonds is 5. The van der Waals surface area contributed by atoms with Crippen LogP contribution in [0, 0.1) is 0 Å². The molecule has 0 atom stereocenters. The molecule has 3 heterocycles. The van der Waals surface area contributed by atoms with Gasteiger partial charge in [0.05, 0.1) is 17.1 Å². The maximum Gasteiger partial charge on any atom is 0.276 e. The summed E-state index contributed by atoms with van der Waals surface area (Å²) in [6.07, 6.45) is 0.307. The first-order valence-electron chi connectivity index (χ1n) is 9.07. The lowest BCUT2D eigenvalue weighted by Gasteiger charge is -2.35. The smallest absolute Gasteiger partial charge is 0.276 e. The highest BCUT2D eigenvalue weighted by atomic mass is 19.3. The number of nitrogens with zero attached hydrogens (tertiary/aromatic N) is 7. The number of piperazine rings is 1. The largest absolute Gasteiger partial charge is 0.471 e. The average molecular weight is 403 g/mol. The lowest BCUT2D eigenvalue weighted by atomic mass is 10.2. The van der Waals surface area contributed by atoms with E-state index in [2.05, 4.69) is 25.2 Å². The maximum absolute atomic E-state index is 12.5. The lowest BCUT2D eigenvalue weighted by molar-refractivity contribution is 0.0740. The maximum atomic E-state index is 12.5. The number of fused-ring (bicyclic) bond motifs is 1. The second-order valence-corrected chi connectivity index (χ2v) is 6.64. The highest BCUT2D eigenvalue weighted by Crippen LogP contribution is 2.27. The van der Waals surface area contributed by atoms with E-state index in [0.717, 1.165) is 5.69 Å². The van der Waals surface area contributed by atoms with Crippen LogP contribution in [0.3, 0.4) is 0 Å². The molecule has 1 aromatic carbocycles. The summed E-state index contributed by atoms with van der Waals surface area (Å²) in [7, 11) is 1.71. The molecule has 152 valence electrons. The molecule has 0 unspecified atom stereocenters. The van der Waals surface area contributed by atoms with Crippen molar-refractivity contribution < 1.29 is 18.3 Å². The van der Waals surface area contributed by atoms with Crippen molar-refractivity contribution in [2.45, 2.75) is 6.43 Å². The van der Waals surface area contributed by atoms with E-state index in [0.29, 0.717) is 42.8 Å². The third-order valence-electron chi connectivity index (χ3n) is 4.68. The van der Waals surface area contributed by atoms with Crippen molar-refractivity contribution in [1.29, 1.82) is 0 Å². The van der Waals surface area contributed by atoms with Crippen LogP contribution in [0.15, 0.2) is 30.7 Å². The van der Waals surface area contributed by atoms with Gasteiger partial charge in [0.1, 0.15) is 6.33 Å². The zero-order chi connectivity index (χ0) is 20.4. The molecule has 0 aliphatic carbocycles. The van der Waals surface area contributed by atoms with E-state index in [1.165, 1.54) is 11.0 Å². The highest BCUT2D eigenvalue weighted by Gasteiger charge is 2.24. The van der Waals surface area contributed by atoms with Gasteiger partial charge in [0.15, 0.2) is 12.3 Å². The van der Waals surface area contributed by atoms with Crippen molar-refractivity contribution in [3.63, 3.8) is 0 Å². The molecule has 1 amide bonds. The van der Waals surface area contributed by atoms with Crippen molar-refractivity contribution >= 4 is 22.5 Å². The molecule has 0 radical (unpaired) electrons. The van der Waals surface area contributed by atoms with E-state index in [-0.39, 0.29) is 11.8 Å². The first kappa shape index (κ1) is 19.0. The Balaban J connectivity index is 1.48. The summed E-state index contributed by atoms with van der Waals surface area (Å²) in [6, 6.07) is 5.54. The summed E-state index contributed by atoms with van der Waals surface area (Å²) < 4.78 is 31.6. The highest BCUT2D eigenvalue weighted by molar-refractivity contribution is 5.92. The molecule has 11 heteroatoms. The predicted octanol–water partition coefficient (Wildman–Crippen LogP) is 1.36. The molecule has 3 aromatic rings. The Hall–Kier alpha value is -3.37. The Labute approximate surface area is 164 Å². The summed E-state index contributed by atoms with van der Waals surface area (Å²) in [5, 5.41) is 8.24. The van der Waals surface area contributed by atoms with E-state index in [1.807, 2.05) is 12.1 Å². The average Bonchev–Trinajstić information content (AvgIpc) is 3.17. The summed E-state index contributed by atoms with van der Waals surface area (Å²) in [5.74, 6) is -0.0130. The fourth-order valence-corrected chi connectivity index (χ4v) is 3.25.